The molecular weight excluding hydrogens is 323 g/mol. The van der Waals surface area contributed by atoms with Crippen molar-refractivity contribution in [3.05, 3.63) is 21.8 Å². The summed E-state index contributed by atoms with van der Waals surface area (Å²) in [5.41, 5.74) is 0.799. The van der Waals surface area contributed by atoms with Crippen LogP contribution in [0.3, 0.4) is 0 Å². The van der Waals surface area contributed by atoms with Crippen LogP contribution in [0.4, 0.5) is 0 Å². The van der Waals surface area contributed by atoms with Crippen molar-refractivity contribution in [2.75, 3.05) is 39.8 Å². The minimum absolute atomic E-state index is 0.0110. The average Bonchev–Trinajstić information content (AvgIpc) is 3.12. The molecule has 0 bridgehead atoms. The number of hydrogen-bond acceptors (Lipinski definition) is 4. The van der Waals surface area contributed by atoms with Crippen LogP contribution in [-0.2, 0) is 4.79 Å². The van der Waals surface area contributed by atoms with Gasteiger partial charge in [0.15, 0.2) is 5.84 Å². The van der Waals surface area contributed by atoms with Gasteiger partial charge >= 0.3 is 0 Å². The standard InChI is InChI=1S/C15H20Cl2N4O/c1-9(16)13(17)3-12-4-18-14(19-12)15(22)21-7-10-5-20(2)6-11(10)8-21/h3,10-11H,4-8H2,1-2H3,(H,18,19)/b12-3+,13-9-. The van der Waals surface area contributed by atoms with Crippen molar-refractivity contribution in [2.24, 2.45) is 16.8 Å². The van der Waals surface area contributed by atoms with E-state index in [1.54, 1.807) is 13.0 Å². The zero-order valence-electron chi connectivity index (χ0n) is 12.8. The summed E-state index contributed by atoms with van der Waals surface area (Å²) < 4.78 is 0. The number of halogens is 2. The topological polar surface area (TPSA) is 47.9 Å². The van der Waals surface area contributed by atoms with Gasteiger partial charge in [0, 0.05) is 36.9 Å². The molecule has 0 aromatic rings. The fourth-order valence-corrected chi connectivity index (χ4v) is 3.58. The van der Waals surface area contributed by atoms with Crippen molar-refractivity contribution in [3.8, 4) is 0 Å². The Kier molecular flexibility index (Phi) is 4.48. The highest BCUT2D eigenvalue weighted by Gasteiger charge is 2.41. The third-order valence-corrected chi connectivity index (χ3v) is 5.17. The maximum absolute atomic E-state index is 12.5. The second kappa shape index (κ2) is 6.22. The maximum Gasteiger partial charge on any atom is 0.289 e. The van der Waals surface area contributed by atoms with E-state index in [2.05, 4.69) is 22.3 Å². The molecule has 0 aromatic carbocycles. The Morgan fingerprint density at radius 2 is 1.91 bits per heavy atom. The van der Waals surface area contributed by atoms with Crippen molar-refractivity contribution >= 4 is 34.9 Å². The Hall–Kier alpha value is -1.04. The van der Waals surface area contributed by atoms with E-state index in [0.29, 0.717) is 34.3 Å². The third-order valence-electron chi connectivity index (χ3n) is 4.48. The predicted octanol–water partition coefficient (Wildman–Crippen LogP) is 1.60. The SMILES string of the molecule is C/C(Cl)=C(Cl)\C=C1/CN=C(C(=O)N2CC3CN(C)CC3C2)N1. The second-order valence-electron chi connectivity index (χ2n) is 6.29. The molecule has 22 heavy (non-hydrogen) atoms. The molecule has 2 fully saturated rings. The van der Waals surface area contributed by atoms with E-state index in [-0.39, 0.29) is 5.91 Å². The summed E-state index contributed by atoms with van der Waals surface area (Å²) in [6.45, 7) is 5.97. The Balaban J connectivity index is 1.60. The maximum atomic E-state index is 12.5. The first kappa shape index (κ1) is 15.8. The van der Waals surface area contributed by atoms with Crippen LogP contribution in [-0.4, -0.2) is 61.3 Å². The number of likely N-dealkylation sites (tertiary alicyclic amines) is 2. The zero-order valence-corrected chi connectivity index (χ0v) is 14.3. The molecule has 3 aliphatic rings. The van der Waals surface area contributed by atoms with E-state index >= 15 is 0 Å². The lowest BCUT2D eigenvalue weighted by Crippen LogP contribution is -2.41. The van der Waals surface area contributed by atoms with Crippen LogP contribution >= 0.6 is 23.2 Å². The van der Waals surface area contributed by atoms with E-state index in [9.17, 15) is 4.79 Å². The molecule has 2 unspecified atom stereocenters. The van der Waals surface area contributed by atoms with Crippen molar-refractivity contribution in [3.63, 3.8) is 0 Å². The highest BCUT2D eigenvalue weighted by molar-refractivity contribution is 6.40. The van der Waals surface area contributed by atoms with Gasteiger partial charge in [-0.3, -0.25) is 9.79 Å². The number of rotatable bonds is 2. The fourth-order valence-electron chi connectivity index (χ4n) is 3.39. The first-order valence-electron chi connectivity index (χ1n) is 7.45. The molecule has 3 rings (SSSR count). The van der Waals surface area contributed by atoms with Gasteiger partial charge in [-0.25, -0.2) is 0 Å². The highest BCUT2D eigenvalue weighted by atomic mass is 35.5. The van der Waals surface area contributed by atoms with Gasteiger partial charge in [-0.15, -0.1) is 0 Å². The van der Waals surface area contributed by atoms with Crippen molar-refractivity contribution in [2.45, 2.75) is 6.92 Å². The van der Waals surface area contributed by atoms with Gasteiger partial charge in [-0.1, -0.05) is 23.2 Å². The van der Waals surface area contributed by atoms with E-state index in [4.69, 9.17) is 23.2 Å². The molecule has 0 spiro atoms. The molecule has 3 heterocycles. The lowest BCUT2D eigenvalue weighted by atomic mass is 10.0. The second-order valence-corrected chi connectivity index (χ2v) is 7.27. The minimum Gasteiger partial charge on any atom is -0.338 e. The van der Waals surface area contributed by atoms with Gasteiger partial charge in [0.05, 0.1) is 11.6 Å². The molecule has 2 saturated heterocycles. The Labute approximate surface area is 140 Å². The summed E-state index contributed by atoms with van der Waals surface area (Å²) in [5.74, 6) is 1.60. The molecule has 1 amide bonds. The zero-order chi connectivity index (χ0) is 15.9. The quantitative estimate of drug-likeness (QED) is 0.829. The number of hydrogen-bond donors (Lipinski definition) is 1. The predicted molar refractivity (Wildman–Crippen MR) is 89.0 cm³/mol. The van der Waals surface area contributed by atoms with Crippen LogP contribution in [0, 0.1) is 11.8 Å². The number of fused-ring (bicyclic) bond motifs is 1. The van der Waals surface area contributed by atoms with Gasteiger partial charge in [-0.05, 0) is 31.9 Å². The van der Waals surface area contributed by atoms with E-state index < -0.39 is 0 Å². The van der Waals surface area contributed by atoms with Crippen molar-refractivity contribution in [1.29, 1.82) is 0 Å². The summed E-state index contributed by atoms with van der Waals surface area (Å²) in [5, 5.41) is 4.05. The van der Waals surface area contributed by atoms with Gasteiger partial charge in [0.2, 0.25) is 0 Å². The molecule has 2 atom stereocenters. The van der Waals surface area contributed by atoms with Crippen molar-refractivity contribution in [1.82, 2.24) is 15.1 Å². The smallest absolute Gasteiger partial charge is 0.289 e. The van der Waals surface area contributed by atoms with Crippen LogP contribution < -0.4 is 5.32 Å². The van der Waals surface area contributed by atoms with Crippen LogP contribution in [0.1, 0.15) is 6.92 Å². The van der Waals surface area contributed by atoms with Crippen LogP contribution in [0.2, 0.25) is 0 Å². The molecule has 120 valence electrons. The van der Waals surface area contributed by atoms with Crippen LogP contribution in [0.25, 0.3) is 0 Å². The number of amides is 1. The van der Waals surface area contributed by atoms with Crippen molar-refractivity contribution < 1.29 is 4.79 Å². The number of aliphatic imine (C=N–C) groups is 1. The monoisotopic (exact) mass is 342 g/mol. The van der Waals surface area contributed by atoms with Crippen LogP contribution in [0.15, 0.2) is 26.8 Å². The first-order chi connectivity index (χ1) is 10.4. The number of carbonyl (C=O) groups excluding carboxylic acids is 1. The summed E-state index contributed by atoms with van der Waals surface area (Å²) in [6.07, 6.45) is 1.72. The van der Waals surface area contributed by atoms with E-state index in [0.717, 1.165) is 31.9 Å². The van der Waals surface area contributed by atoms with Gasteiger partial charge in [0.25, 0.3) is 5.91 Å². The molecule has 0 radical (unpaired) electrons. The molecule has 0 aromatic heterocycles. The minimum atomic E-state index is -0.0110. The highest BCUT2D eigenvalue weighted by Crippen LogP contribution is 2.30. The average molecular weight is 343 g/mol. The molecular formula is C15H20Cl2N4O. The summed E-state index contributed by atoms with van der Waals surface area (Å²) >= 11 is 11.8. The van der Waals surface area contributed by atoms with Crippen LogP contribution in [0.5, 0.6) is 0 Å². The van der Waals surface area contributed by atoms with E-state index in [1.165, 1.54) is 0 Å². The summed E-state index contributed by atoms with van der Waals surface area (Å²) in [4.78, 5) is 21.1. The van der Waals surface area contributed by atoms with Gasteiger partial charge < -0.3 is 15.1 Å². The molecule has 3 aliphatic heterocycles. The molecule has 0 aliphatic carbocycles. The Morgan fingerprint density at radius 3 is 2.50 bits per heavy atom. The van der Waals surface area contributed by atoms with E-state index in [1.807, 2.05) is 4.90 Å². The Bertz CT molecular complexity index is 566. The normalized spacial score (nSPS) is 31.2. The third kappa shape index (κ3) is 3.16. The largest absolute Gasteiger partial charge is 0.338 e. The summed E-state index contributed by atoms with van der Waals surface area (Å²) in [7, 11) is 2.14. The number of nitrogens with one attached hydrogen (secondary N) is 1. The molecule has 5 nitrogen and oxygen atoms in total. The fraction of sp³-hybridized carbons (Fsp3) is 0.600. The number of carbonyl (C=O) groups is 1. The first-order valence-corrected chi connectivity index (χ1v) is 8.21. The summed E-state index contributed by atoms with van der Waals surface area (Å²) in [6, 6.07) is 0. The van der Waals surface area contributed by atoms with Gasteiger partial charge in [-0.2, -0.15) is 0 Å². The molecule has 7 heteroatoms. The number of allylic oxidation sites excluding steroid dienone is 3. The number of amidine groups is 1. The molecule has 0 saturated carbocycles. The Morgan fingerprint density at radius 1 is 1.27 bits per heavy atom. The lowest BCUT2D eigenvalue weighted by molar-refractivity contribution is -0.123. The van der Waals surface area contributed by atoms with Gasteiger partial charge in [0.1, 0.15) is 0 Å². The lowest BCUT2D eigenvalue weighted by Gasteiger charge is -2.19. The number of nitrogens with zero attached hydrogens (tertiary/aromatic N) is 3. The molecule has 1 N–H and O–H groups in total.